The van der Waals surface area contributed by atoms with Gasteiger partial charge in [0.2, 0.25) is 0 Å². The maximum absolute atomic E-state index is 12.8. The summed E-state index contributed by atoms with van der Waals surface area (Å²) in [6.45, 7) is 2.47. The van der Waals surface area contributed by atoms with Crippen LogP contribution in [0.3, 0.4) is 0 Å². The van der Waals surface area contributed by atoms with Gasteiger partial charge in [0.25, 0.3) is 0 Å². The highest BCUT2D eigenvalue weighted by atomic mass is 19.4. The van der Waals surface area contributed by atoms with Crippen LogP contribution in [0.5, 0.6) is 5.75 Å². The molecule has 0 heterocycles. The van der Waals surface area contributed by atoms with Crippen molar-refractivity contribution < 1.29 is 32.5 Å². The smallest absolute Gasteiger partial charge is 0.416 e. The number of halogens is 3. The van der Waals surface area contributed by atoms with Gasteiger partial charge in [-0.05, 0) is 41.3 Å². The number of carbonyl (C=O) groups is 1. The lowest BCUT2D eigenvalue weighted by Crippen LogP contribution is -2.25. The summed E-state index contributed by atoms with van der Waals surface area (Å²) in [4.78, 5) is 11.1. The van der Waals surface area contributed by atoms with Crippen molar-refractivity contribution in [1.82, 2.24) is 5.32 Å². The second kappa shape index (κ2) is 10.3. The van der Waals surface area contributed by atoms with E-state index in [2.05, 4.69) is 10.1 Å². The normalized spacial score (nSPS) is 13.6. The third kappa shape index (κ3) is 7.07. The maximum Gasteiger partial charge on any atom is 0.416 e. The molecule has 0 spiro atoms. The minimum absolute atomic E-state index is 0.0957. The number of ether oxygens (including phenoxy) is 2. The molecule has 2 atom stereocenters. The summed E-state index contributed by atoms with van der Waals surface area (Å²) in [5, 5.41) is 13.2. The lowest BCUT2D eigenvalue weighted by atomic mass is 10.0. The van der Waals surface area contributed by atoms with Gasteiger partial charge in [-0.15, -0.1) is 0 Å². The monoisotopic (exact) mass is 411 g/mol. The van der Waals surface area contributed by atoms with Crippen LogP contribution in [0, 0.1) is 0 Å². The van der Waals surface area contributed by atoms with E-state index in [0.717, 1.165) is 17.7 Å². The first-order valence-electron chi connectivity index (χ1n) is 9.06. The van der Waals surface area contributed by atoms with Crippen LogP contribution in [0.4, 0.5) is 13.2 Å². The molecule has 0 aliphatic rings. The van der Waals surface area contributed by atoms with Crippen molar-refractivity contribution in [2.24, 2.45) is 0 Å². The Morgan fingerprint density at radius 2 is 1.79 bits per heavy atom. The van der Waals surface area contributed by atoms with Crippen LogP contribution in [0.2, 0.25) is 0 Å². The Labute approximate surface area is 167 Å². The zero-order valence-corrected chi connectivity index (χ0v) is 16.2. The van der Waals surface area contributed by atoms with Crippen molar-refractivity contribution in [3.05, 3.63) is 65.2 Å². The van der Waals surface area contributed by atoms with Gasteiger partial charge in [-0.2, -0.15) is 13.2 Å². The first-order chi connectivity index (χ1) is 13.7. The first-order valence-corrected chi connectivity index (χ1v) is 9.06. The molecular formula is C21H24F3NO4. The van der Waals surface area contributed by atoms with E-state index in [1.165, 1.54) is 19.2 Å². The van der Waals surface area contributed by atoms with Gasteiger partial charge in [-0.25, -0.2) is 4.79 Å². The van der Waals surface area contributed by atoms with Crippen molar-refractivity contribution >= 4 is 5.97 Å². The molecule has 0 aliphatic carbocycles. The SMILES string of the molecule is COC(=O)COc1ccc(C(C)CNCC(O)c2cccc(C(F)(F)F)c2)cc1. The van der Waals surface area contributed by atoms with Crippen molar-refractivity contribution in [3.8, 4) is 5.75 Å². The van der Waals surface area contributed by atoms with E-state index in [1.54, 1.807) is 12.1 Å². The van der Waals surface area contributed by atoms with Gasteiger partial charge >= 0.3 is 12.1 Å². The van der Waals surface area contributed by atoms with Crippen LogP contribution in [0.15, 0.2) is 48.5 Å². The largest absolute Gasteiger partial charge is 0.482 e. The van der Waals surface area contributed by atoms with E-state index in [9.17, 15) is 23.1 Å². The van der Waals surface area contributed by atoms with Crippen LogP contribution in [-0.2, 0) is 15.7 Å². The molecule has 158 valence electrons. The van der Waals surface area contributed by atoms with Gasteiger partial charge in [-0.1, -0.05) is 31.2 Å². The van der Waals surface area contributed by atoms with Crippen LogP contribution < -0.4 is 10.1 Å². The van der Waals surface area contributed by atoms with Crippen LogP contribution >= 0.6 is 0 Å². The number of rotatable bonds is 9. The number of alkyl halides is 3. The molecule has 0 aromatic heterocycles. The van der Waals surface area contributed by atoms with Crippen LogP contribution in [0.1, 0.15) is 35.6 Å². The van der Waals surface area contributed by atoms with E-state index in [4.69, 9.17) is 4.74 Å². The molecule has 2 aromatic carbocycles. The highest BCUT2D eigenvalue weighted by Crippen LogP contribution is 2.30. The fraction of sp³-hybridized carbons (Fsp3) is 0.381. The molecule has 8 heteroatoms. The highest BCUT2D eigenvalue weighted by molar-refractivity contribution is 5.70. The molecule has 2 N–H and O–H groups in total. The fourth-order valence-corrected chi connectivity index (χ4v) is 2.69. The van der Waals surface area contributed by atoms with E-state index in [0.29, 0.717) is 12.3 Å². The third-order valence-electron chi connectivity index (χ3n) is 4.42. The topological polar surface area (TPSA) is 67.8 Å². The molecule has 2 aromatic rings. The molecular weight excluding hydrogens is 387 g/mol. The number of esters is 1. The van der Waals surface area contributed by atoms with Crippen molar-refractivity contribution in [2.75, 3.05) is 26.8 Å². The van der Waals surface area contributed by atoms with E-state index < -0.39 is 23.8 Å². The zero-order chi connectivity index (χ0) is 21.4. The summed E-state index contributed by atoms with van der Waals surface area (Å²) in [6.07, 6.45) is -5.48. The van der Waals surface area contributed by atoms with Gasteiger partial charge in [0, 0.05) is 13.1 Å². The fourth-order valence-electron chi connectivity index (χ4n) is 2.69. The lowest BCUT2D eigenvalue weighted by molar-refractivity contribution is -0.143. The minimum Gasteiger partial charge on any atom is -0.482 e. The molecule has 0 saturated carbocycles. The third-order valence-corrected chi connectivity index (χ3v) is 4.42. The number of hydrogen-bond acceptors (Lipinski definition) is 5. The number of methoxy groups -OCH3 is 1. The number of benzene rings is 2. The average Bonchev–Trinajstić information content (AvgIpc) is 2.71. The molecule has 2 unspecified atom stereocenters. The second-order valence-electron chi connectivity index (χ2n) is 6.63. The first kappa shape index (κ1) is 22.7. The van der Waals surface area contributed by atoms with Gasteiger partial charge in [-0.3, -0.25) is 0 Å². The number of hydrogen-bond donors (Lipinski definition) is 2. The Hall–Kier alpha value is -2.58. The molecule has 29 heavy (non-hydrogen) atoms. The van der Waals surface area contributed by atoms with E-state index >= 15 is 0 Å². The molecule has 0 bridgehead atoms. The van der Waals surface area contributed by atoms with Gasteiger partial charge in [0.05, 0.1) is 18.8 Å². The zero-order valence-electron chi connectivity index (χ0n) is 16.2. The van der Waals surface area contributed by atoms with Crippen molar-refractivity contribution in [1.29, 1.82) is 0 Å². The Morgan fingerprint density at radius 1 is 1.10 bits per heavy atom. The van der Waals surface area contributed by atoms with Gasteiger partial charge < -0.3 is 19.9 Å². The number of nitrogens with one attached hydrogen (secondary N) is 1. The Kier molecular flexibility index (Phi) is 8.04. The van der Waals surface area contributed by atoms with Gasteiger partial charge in [0.1, 0.15) is 5.75 Å². The standard InChI is InChI=1S/C21H24F3NO4/c1-14(15-6-8-18(9-7-15)29-13-20(27)28-2)11-25-12-19(26)16-4-3-5-17(10-16)21(22,23)24/h3-10,14,19,25-26H,11-13H2,1-2H3. The van der Waals surface area contributed by atoms with E-state index in [1.807, 2.05) is 19.1 Å². The van der Waals surface area contributed by atoms with Crippen molar-refractivity contribution in [3.63, 3.8) is 0 Å². The molecule has 0 aliphatic heterocycles. The number of aliphatic hydroxyl groups is 1. The second-order valence-corrected chi connectivity index (χ2v) is 6.63. The molecule has 2 rings (SSSR count). The highest BCUT2D eigenvalue weighted by Gasteiger charge is 2.30. The van der Waals surface area contributed by atoms with Gasteiger partial charge in [0.15, 0.2) is 6.61 Å². The summed E-state index contributed by atoms with van der Waals surface area (Å²) in [5.74, 6) is 0.170. The van der Waals surface area contributed by atoms with E-state index in [-0.39, 0.29) is 24.6 Å². The minimum atomic E-state index is -4.44. The molecule has 0 radical (unpaired) electrons. The molecule has 0 fully saturated rings. The Balaban J connectivity index is 1.83. The summed E-state index contributed by atoms with van der Waals surface area (Å²) < 4.78 is 48.1. The summed E-state index contributed by atoms with van der Waals surface area (Å²) in [5.41, 5.74) is 0.445. The van der Waals surface area contributed by atoms with Crippen molar-refractivity contribution in [2.45, 2.75) is 25.1 Å². The molecule has 0 amide bonds. The molecule has 0 saturated heterocycles. The average molecular weight is 411 g/mol. The summed E-state index contributed by atoms with van der Waals surface area (Å²) >= 11 is 0. The Morgan fingerprint density at radius 3 is 2.41 bits per heavy atom. The summed E-state index contributed by atoms with van der Waals surface area (Å²) in [6, 6.07) is 11.9. The van der Waals surface area contributed by atoms with Crippen LogP contribution in [0.25, 0.3) is 0 Å². The maximum atomic E-state index is 12.8. The number of aliphatic hydroxyl groups excluding tert-OH is 1. The molecule has 5 nitrogen and oxygen atoms in total. The predicted molar refractivity (Wildman–Crippen MR) is 102 cm³/mol. The van der Waals surface area contributed by atoms with Crippen LogP contribution in [-0.4, -0.2) is 37.9 Å². The quantitative estimate of drug-likeness (QED) is 0.616. The Bertz CT molecular complexity index is 793. The number of carbonyl (C=O) groups excluding carboxylic acids is 1. The summed E-state index contributed by atoms with van der Waals surface area (Å²) in [7, 11) is 1.29. The lowest BCUT2D eigenvalue weighted by Gasteiger charge is -2.17. The predicted octanol–water partition coefficient (Wildman–Crippen LogP) is 3.68.